The smallest absolute Gasteiger partial charge is 0.165 e. The summed E-state index contributed by atoms with van der Waals surface area (Å²) in [5.41, 5.74) is 8.57. The second-order valence-corrected chi connectivity index (χ2v) is 11.7. The summed E-state index contributed by atoms with van der Waals surface area (Å²) >= 11 is 1.86. The van der Waals surface area contributed by atoms with Crippen LogP contribution in [-0.4, -0.2) is 14.4 Å². The Morgan fingerprint density at radius 2 is 1.23 bits per heavy atom. The van der Waals surface area contributed by atoms with Gasteiger partial charge in [0.25, 0.3) is 0 Å². The van der Waals surface area contributed by atoms with E-state index >= 15 is 0 Å². The Kier molecular flexibility index (Phi) is 3.81. The predicted octanol–water partition coefficient (Wildman–Crippen LogP) is 9.97. The Labute approximate surface area is 231 Å². The number of rotatable bonds is 1. The zero-order valence-corrected chi connectivity index (χ0v) is 22.0. The van der Waals surface area contributed by atoms with Crippen LogP contribution in [0.5, 0.6) is 0 Å². The largest absolute Gasteiger partial charge is 0.291 e. The van der Waals surface area contributed by atoms with Gasteiger partial charge in [-0.15, -0.1) is 11.3 Å². The lowest BCUT2D eigenvalue weighted by Gasteiger charge is -2.05. The summed E-state index contributed by atoms with van der Waals surface area (Å²) in [5.74, 6) is 0. The summed E-state index contributed by atoms with van der Waals surface area (Å²) in [6.07, 6.45) is 0. The lowest BCUT2D eigenvalue weighted by Crippen LogP contribution is -1.89. The minimum absolute atomic E-state index is 0.918. The fourth-order valence-corrected chi connectivity index (χ4v) is 7.79. The lowest BCUT2D eigenvalue weighted by atomic mass is 9.99. The Morgan fingerprint density at radius 3 is 2.12 bits per heavy atom. The first-order chi connectivity index (χ1) is 19.8. The third-order valence-electron chi connectivity index (χ3n) is 8.48. The van der Waals surface area contributed by atoms with Crippen LogP contribution >= 0.6 is 11.3 Å². The number of thiophene rings is 1. The van der Waals surface area contributed by atoms with Crippen LogP contribution in [-0.2, 0) is 0 Å². The molecule has 4 aromatic heterocycles. The molecule has 0 aliphatic rings. The first-order valence-electron chi connectivity index (χ1n) is 13.5. The van der Waals surface area contributed by atoms with Crippen LogP contribution < -0.4 is 0 Å². The Balaban J connectivity index is 1.33. The molecule has 10 rings (SSSR count). The van der Waals surface area contributed by atoms with Crippen molar-refractivity contribution in [2.75, 3.05) is 0 Å². The predicted molar refractivity (Wildman–Crippen MR) is 170 cm³/mol. The molecule has 0 radical (unpaired) electrons. The van der Waals surface area contributed by atoms with Crippen molar-refractivity contribution in [1.29, 1.82) is 0 Å². The van der Waals surface area contributed by atoms with Crippen LogP contribution in [0.3, 0.4) is 0 Å². The van der Waals surface area contributed by atoms with Crippen LogP contribution in [0.2, 0.25) is 0 Å². The fourth-order valence-electron chi connectivity index (χ4n) is 6.70. The van der Waals surface area contributed by atoms with Gasteiger partial charge in [-0.3, -0.25) is 4.40 Å². The molecule has 10 aromatic rings. The Hall–Kier alpha value is -5.06. The van der Waals surface area contributed by atoms with E-state index in [1.54, 1.807) is 0 Å². The van der Waals surface area contributed by atoms with Gasteiger partial charge in [-0.25, -0.2) is 9.97 Å². The van der Waals surface area contributed by atoms with Gasteiger partial charge >= 0.3 is 0 Å². The summed E-state index contributed by atoms with van der Waals surface area (Å²) in [7, 11) is 0. The third kappa shape index (κ3) is 2.59. The summed E-state index contributed by atoms with van der Waals surface area (Å²) in [6, 6.07) is 41.6. The molecule has 184 valence electrons. The number of fused-ring (bicyclic) bond motifs is 12. The van der Waals surface area contributed by atoms with E-state index in [1.807, 2.05) is 23.5 Å². The highest BCUT2D eigenvalue weighted by Gasteiger charge is 2.22. The average Bonchev–Trinajstić information content (AvgIpc) is 3.65. The molecule has 0 aliphatic carbocycles. The van der Waals surface area contributed by atoms with E-state index < -0.39 is 0 Å². The fraction of sp³-hybridized carbons (Fsp3) is 0. The summed E-state index contributed by atoms with van der Waals surface area (Å²) < 4.78 is 5.00. The Bertz CT molecular complexity index is 2660. The van der Waals surface area contributed by atoms with Gasteiger partial charge in [-0.2, -0.15) is 0 Å². The second kappa shape index (κ2) is 7.32. The standard InChI is InChI=1S/C36H19N3S/c1-2-8-23-22(7-1)19-27-25-17-20(21-14-16-32-26(18-21)24-9-3-6-12-31(24)40-32)13-15-30(25)39-35(27)33(23)34-36(39)38-29-11-5-4-10-28(29)37-34/h1-19H. The topological polar surface area (TPSA) is 30.2 Å². The molecule has 0 atom stereocenters. The number of para-hydroxylation sites is 2. The van der Waals surface area contributed by atoms with Gasteiger partial charge in [0, 0.05) is 36.3 Å². The lowest BCUT2D eigenvalue weighted by molar-refractivity contribution is 1.28. The maximum absolute atomic E-state index is 5.16. The molecule has 0 amide bonds. The van der Waals surface area contributed by atoms with Crippen molar-refractivity contribution < 1.29 is 0 Å². The normalized spacial score (nSPS) is 12.5. The first kappa shape index (κ1) is 20.8. The van der Waals surface area contributed by atoms with E-state index in [0.717, 1.165) is 22.2 Å². The summed E-state index contributed by atoms with van der Waals surface area (Å²) in [5, 5.41) is 8.78. The van der Waals surface area contributed by atoms with Gasteiger partial charge in [-0.05, 0) is 70.4 Å². The van der Waals surface area contributed by atoms with Gasteiger partial charge in [0.15, 0.2) is 5.65 Å². The molecule has 0 bridgehead atoms. The molecule has 0 unspecified atom stereocenters. The SMILES string of the molecule is c1ccc2c(c1)cc1c3cc(-c4ccc5sc6ccccc6c5c4)ccc3n3c4nc5ccccc5nc4c2c13. The van der Waals surface area contributed by atoms with Gasteiger partial charge in [0.1, 0.15) is 5.52 Å². The monoisotopic (exact) mass is 525 g/mol. The van der Waals surface area contributed by atoms with Gasteiger partial charge in [0.05, 0.1) is 22.1 Å². The highest BCUT2D eigenvalue weighted by atomic mass is 32.1. The van der Waals surface area contributed by atoms with E-state index in [1.165, 1.54) is 69.3 Å². The highest BCUT2D eigenvalue weighted by molar-refractivity contribution is 7.25. The van der Waals surface area contributed by atoms with Crippen molar-refractivity contribution in [2.45, 2.75) is 0 Å². The molecule has 0 spiro atoms. The van der Waals surface area contributed by atoms with Crippen LogP contribution in [0.25, 0.3) is 91.5 Å². The van der Waals surface area contributed by atoms with Gasteiger partial charge in [0.2, 0.25) is 0 Å². The van der Waals surface area contributed by atoms with Crippen molar-refractivity contribution in [3.63, 3.8) is 0 Å². The molecule has 0 fully saturated rings. The van der Waals surface area contributed by atoms with Crippen molar-refractivity contribution in [1.82, 2.24) is 14.4 Å². The van der Waals surface area contributed by atoms with Gasteiger partial charge < -0.3 is 0 Å². The van der Waals surface area contributed by atoms with Crippen molar-refractivity contribution in [3.8, 4) is 11.1 Å². The van der Waals surface area contributed by atoms with Crippen LogP contribution in [0.4, 0.5) is 0 Å². The average molecular weight is 526 g/mol. The van der Waals surface area contributed by atoms with Crippen LogP contribution in [0.15, 0.2) is 115 Å². The molecule has 0 saturated carbocycles. The maximum Gasteiger partial charge on any atom is 0.165 e. The van der Waals surface area contributed by atoms with Gasteiger partial charge in [-0.1, -0.05) is 66.7 Å². The minimum atomic E-state index is 0.918. The second-order valence-electron chi connectivity index (χ2n) is 10.6. The van der Waals surface area contributed by atoms with Crippen molar-refractivity contribution >= 4 is 91.7 Å². The first-order valence-corrected chi connectivity index (χ1v) is 14.3. The molecular formula is C36H19N3S. The van der Waals surface area contributed by atoms with E-state index in [4.69, 9.17) is 9.97 Å². The molecule has 4 heteroatoms. The molecule has 4 heterocycles. The minimum Gasteiger partial charge on any atom is -0.291 e. The number of hydrogen-bond donors (Lipinski definition) is 0. The van der Waals surface area contributed by atoms with Crippen LogP contribution in [0, 0.1) is 0 Å². The molecule has 3 nitrogen and oxygen atoms in total. The maximum atomic E-state index is 5.16. The zero-order chi connectivity index (χ0) is 25.9. The van der Waals surface area contributed by atoms with E-state index in [-0.39, 0.29) is 0 Å². The zero-order valence-electron chi connectivity index (χ0n) is 21.2. The number of nitrogens with zero attached hydrogens (tertiary/aromatic N) is 3. The molecule has 40 heavy (non-hydrogen) atoms. The number of aromatic nitrogens is 3. The molecule has 0 N–H and O–H groups in total. The quantitative estimate of drug-likeness (QED) is 0.213. The van der Waals surface area contributed by atoms with Crippen molar-refractivity contribution in [2.24, 2.45) is 0 Å². The highest BCUT2D eigenvalue weighted by Crippen LogP contribution is 2.44. The molecule has 0 aliphatic heterocycles. The van der Waals surface area contributed by atoms with Crippen molar-refractivity contribution in [3.05, 3.63) is 115 Å². The molecular weight excluding hydrogens is 506 g/mol. The molecule has 6 aromatic carbocycles. The molecule has 0 saturated heterocycles. The summed E-state index contributed by atoms with van der Waals surface area (Å²) in [4.78, 5) is 10.3. The van der Waals surface area contributed by atoms with Crippen LogP contribution in [0.1, 0.15) is 0 Å². The van der Waals surface area contributed by atoms with E-state index in [9.17, 15) is 0 Å². The Morgan fingerprint density at radius 1 is 0.525 bits per heavy atom. The number of benzene rings is 6. The number of hydrogen-bond acceptors (Lipinski definition) is 3. The van der Waals surface area contributed by atoms with E-state index in [0.29, 0.717) is 0 Å². The van der Waals surface area contributed by atoms with E-state index in [2.05, 4.69) is 108 Å². The third-order valence-corrected chi connectivity index (χ3v) is 9.64. The summed E-state index contributed by atoms with van der Waals surface area (Å²) in [6.45, 7) is 0.